The molecule has 0 saturated carbocycles. The first-order chi connectivity index (χ1) is 9.81. The summed E-state index contributed by atoms with van der Waals surface area (Å²) in [5.41, 5.74) is 2.80. The number of hydrogen-bond acceptors (Lipinski definition) is 1. The lowest BCUT2D eigenvalue weighted by Crippen LogP contribution is -1.85. The van der Waals surface area contributed by atoms with Crippen molar-refractivity contribution in [3.8, 4) is 11.1 Å². The van der Waals surface area contributed by atoms with Gasteiger partial charge in [-0.3, -0.25) is 4.79 Å². The molecule has 0 N–H and O–H groups in total. The zero-order chi connectivity index (χ0) is 14.2. The van der Waals surface area contributed by atoms with Crippen molar-refractivity contribution < 1.29 is 4.79 Å². The summed E-state index contributed by atoms with van der Waals surface area (Å²) in [6.45, 7) is 0. The number of nitrogens with zero attached hydrogens (tertiary/aromatic N) is 1. The second-order valence-corrected chi connectivity index (χ2v) is 4.42. The molecule has 0 aliphatic carbocycles. The average molecular weight is 263 g/mol. The van der Waals surface area contributed by atoms with E-state index in [1.165, 1.54) is 0 Å². The van der Waals surface area contributed by atoms with Crippen molar-refractivity contribution in [2.45, 2.75) is 0 Å². The highest BCUT2D eigenvalue weighted by Crippen LogP contribution is 2.21. The Morgan fingerprint density at radius 3 is 1.95 bits per heavy atom. The van der Waals surface area contributed by atoms with Gasteiger partial charge >= 0.3 is 0 Å². The number of aryl methyl sites for hydroxylation is 1. The van der Waals surface area contributed by atoms with E-state index in [9.17, 15) is 4.79 Å². The maximum Gasteiger partial charge on any atom is 0.150 e. The molecule has 2 nitrogen and oxygen atoms in total. The summed E-state index contributed by atoms with van der Waals surface area (Å²) in [6, 6.07) is 21.5. The van der Waals surface area contributed by atoms with Gasteiger partial charge in [0, 0.05) is 25.0 Å². The summed E-state index contributed by atoms with van der Waals surface area (Å²) >= 11 is 0. The number of carbonyl (C=O) groups is 1. The van der Waals surface area contributed by atoms with Crippen LogP contribution in [0.1, 0.15) is 10.4 Å². The zero-order valence-corrected chi connectivity index (χ0v) is 11.4. The van der Waals surface area contributed by atoms with Crippen LogP contribution in [0, 0.1) is 0 Å². The number of hydrogen-bond donors (Lipinski definition) is 0. The van der Waals surface area contributed by atoms with Gasteiger partial charge in [-0.1, -0.05) is 54.6 Å². The lowest BCUT2D eigenvalue weighted by atomic mass is 10.0. The van der Waals surface area contributed by atoms with Crippen LogP contribution in [0.2, 0.25) is 0 Å². The van der Waals surface area contributed by atoms with E-state index in [2.05, 4.69) is 0 Å². The number of aromatic nitrogens is 1. The highest BCUT2D eigenvalue weighted by atomic mass is 16.1. The lowest BCUT2D eigenvalue weighted by molar-refractivity contribution is 0.112. The summed E-state index contributed by atoms with van der Waals surface area (Å²) in [6.07, 6.45) is 4.89. The molecule has 0 atom stereocenters. The normalized spacial score (nSPS) is 9.45. The minimum Gasteiger partial charge on any atom is -0.357 e. The summed E-state index contributed by atoms with van der Waals surface area (Å²) in [4.78, 5) is 10.8. The van der Waals surface area contributed by atoms with Crippen LogP contribution in [0.5, 0.6) is 0 Å². The van der Waals surface area contributed by atoms with Crippen LogP contribution in [0.3, 0.4) is 0 Å². The summed E-state index contributed by atoms with van der Waals surface area (Å²) < 4.78 is 2.00. The van der Waals surface area contributed by atoms with Crippen LogP contribution in [-0.4, -0.2) is 10.9 Å². The van der Waals surface area contributed by atoms with Crippen molar-refractivity contribution in [3.63, 3.8) is 0 Å². The summed E-state index contributed by atoms with van der Waals surface area (Å²) in [5.74, 6) is 0. The molecule has 3 rings (SSSR count). The number of rotatable bonds is 2. The molecule has 3 aromatic rings. The fourth-order valence-electron chi connectivity index (χ4n) is 1.90. The molecule has 0 aliphatic rings. The van der Waals surface area contributed by atoms with Gasteiger partial charge in [0.1, 0.15) is 0 Å². The largest absolute Gasteiger partial charge is 0.357 e. The van der Waals surface area contributed by atoms with Crippen molar-refractivity contribution in [2.24, 2.45) is 7.05 Å². The van der Waals surface area contributed by atoms with Crippen LogP contribution >= 0.6 is 0 Å². The van der Waals surface area contributed by atoms with E-state index in [-0.39, 0.29) is 0 Å². The molecule has 0 fully saturated rings. The Morgan fingerprint density at radius 2 is 1.40 bits per heavy atom. The molecule has 0 aliphatic heterocycles. The molecule has 100 valence electrons. The van der Waals surface area contributed by atoms with Crippen LogP contribution in [0.15, 0.2) is 79.1 Å². The smallest absolute Gasteiger partial charge is 0.150 e. The lowest BCUT2D eigenvalue weighted by Gasteiger charge is -2.03. The molecule has 0 radical (unpaired) electrons. The van der Waals surface area contributed by atoms with Crippen LogP contribution in [0.4, 0.5) is 0 Å². The Balaban J connectivity index is 0.000000205. The van der Waals surface area contributed by atoms with Gasteiger partial charge in [-0.2, -0.15) is 0 Å². The van der Waals surface area contributed by atoms with E-state index in [1.54, 1.807) is 0 Å². The number of aldehydes is 1. The maximum atomic E-state index is 10.8. The first kappa shape index (κ1) is 13.8. The molecule has 0 unspecified atom stereocenters. The Bertz CT molecular complexity index is 642. The third kappa shape index (κ3) is 3.69. The molecule has 1 aromatic heterocycles. The van der Waals surface area contributed by atoms with E-state index < -0.39 is 0 Å². The highest BCUT2D eigenvalue weighted by Gasteiger charge is 2.01. The van der Waals surface area contributed by atoms with Crippen molar-refractivity contribution in [3.05, 3.63) is 84.7 Å². The molecule has 20 heavy (non-hydrogen) atoms. The fraction of sp³-hybridized carbons (Fsp3) is 0.0556. The predicted octanol–water partition coefficient (Wildman–Crippen LogP) is 4.19. The first-order valence-electron chi connectivity index (χ1n) is 6.48. The van der Waals surface area contributed by atoms with Crippen molar-refractivity contribution >= 4 is 6.29 Å². The Hall–Kier alpha value is -2.61. The maximum absolute atomic E-state index is 10.8. The van der Waals surface area contributed by atoms with Gasteiger partial charge < -0.3 is 4.57 Å². The predicted molar refractivity (Wildman–Crippen MR) is 82.7 cm³/mol. The van der Waals surface area contributed by atoms with Gasteiger partial charge in [-0.15, -0.1) is 0 Å². The van der Waals surface area contributed by atoms with Crippen LogP contribution < -0.4 is 0 Å². The average Bonchev–Trinajstić information content (AvgIpc) is 3.00. The van der Waals surface area contributed by atoms with Crippen molar-refractivity contribution in [1.29, 1.82) is 0 Å². The Labute approximate surface area is 119 Å². The third-order valence-corrected chi connectivity index (χ3v) is 2.93. The van der Waals surface area contributed by atoms with Gasteiger partial charge in [-0.05, 0) is 23.3 Å². The van der Waals surface area contributed by atoms with Gasteiger partial charge in [0.2, 0.25) is 0 Å². The van der Waals surface area contributed by atoms with Gasteiger partial charge in [0.15, 0.2) is 6.29 Å². The molecular weight excluding hydrogens is 246 g/mol. The monoisotopic (exact) mass is 263 g/mol. The third-order valence-electron chi connectivity index (χ3n) is 2.93. The first-order valence-corrected chi connectivity index (χ1v) is 6.48. The van der Waals surface area contributed by atoms with E-state index >= 15 is 0 Å². The molecule has 2 heteroatoms. The summed E-state index contributed by atoms with van der Waals surface area (Å²) in [7, 11) is 2.00. The molecule has 1 heterocycles. The SMILES string of the molecule is Cn1cccc1.O=Cc1ccccc1-c1ccccc1. The molecule has 0 spiro atoms. The van der Waals surface area contributed by atoms with Crippen LogP contribution in [0.25, 0.3) is 11.1 Å². The van der Waals surface area contributed by atoms with E-state index in [1.807, 2.05) is 90.7 Å². The molecule has 0 amide bonds. The second-order valence-electron chi connectivity index (χ2n) is 4.42. The second kappa shape index (κ2) is 7.10. The molecule has 0 bridgehead atoms. The molecule has 0 saturated heterocycles. The molecular formula is C18H17NO. The van der Waals surface area contributed by atoms with Crippen molar-refractivity contribution in [1.82, 2.24) is 4.57 Å². The van der Waals surface area contributed by atoms with Gasteiger partial charge in [0.25, 0.3) is 0 Å². The highest BCUT2D eigenvalue weighted by molar-refractivity contribution is 5.87. The fourth-order valence-corrected chi connectivity index (χ4v) is 1.90. The van der Waals surface area contributed by atoms with Gasteiger partial charge in [0.05, 0.1) is 0 Å². The van der Waals surface area contributed by atoms with E-state index in [0.717, 1.165) is 23.0 Å². The van der Waals surface area contributed by atoms with Crippen molar-refractivity contribution in [2.75, 3.05) is 0 Å². The Morgan fingerprint density at radius 1 is 0.800 bits per heavy atom. The number of carbonyl (C=O) groups excluding carboxylic acids is 1. The minimum atomic E-state index is 0.735. The molecule has 2 aromatic carbocycles. The van der Waals surface area contributed by atoms with Gasteiger partial charge in [-0.25, -0.2) is 0 Å². The minimum absolute atomic E-state index is 0.735. The standard InChI is InChI=1S/C13H10O.C5H7N/c14-10-12-8-4-5-9-13(12)11-6-2-1-3-7-11;1-6-4-2-3-5-6/h1-10H;2-5H,1H3. The van der Waals surface area contributed by atoms with E-state index in [0.29, 0.717) is 0 Å². The quantitative estimate of drug-likeness (QED) is 0.635. The van der Waals surface area contributed by atoms with Crippen LogP contribution in [-0.2, 0) is 7.05 Å². The Kier molecular flexibility index (Phi) is 4.90. The number of benzene rings is 2. The topological polar surface area (TPSA) is 22.0 Å². The van der Waals surface area contributed by atoms with E-state index in [4.69, 9.17) is 0 Å². The zero-order valence-electron chi connectivity index (χ0n) is 11.4. The summed E-state index contributed by atoms with van der Waals surface area (Å²) in [5, 5.41) is 0.